The second-order valence-electron chi connectivity index (χ2n) is 3.65. The Morgan fingerprint density at radius 3 is 1.86 bits per heavy atom. The Morgan fingerprint density at radius 2 is 1.50 bits per heavy atom. The van der Waals surface area contributed by atoms with E-state index < -0.39 is 16.2 Å². The van der Waals surface area contributed by atoms with Crippen molar-refractivity contribution < 1.29 is 0 Å². The number of unbranched alkanes of at least 4 members (excludes halogenated alkanes) is 1. The first-order valence-corrected chi connectivity index (χ1v) is 17.4. The van der Waals surface area contributed by atoms with E-state index in [-0.39, 0.29) is 0 Å². The van der Waals surface area contributed by atoms with Gasteiger partial charge in [0.25, 0.3) is 0 Å². The maximum absolute atomic E-state index is 4.02. The number of halogens is 1. The third-order valence-corrected chi connectivity index (χ3v) is 16.1. The second kappa shape index (κ2) is 9.02. The van der Waals surface area contributed by atoms with Crippen molar-refractivity contribution in [3.05, 3.63) is 20.3 Å². The number of hydrogen-bond acceptors (Lipinski definition) is 0. The van der Waals surface area contributed by atoms with Crippen LogP contribution < -0.4 is 0 Å². The molecule has 0 N–H and O–H groups in total. The molecule has 0 aliphatic carbocycles. The van der Waals surface area contributed by atoms with E-state index in [1.165, 1.54) is 17.3 Å². The van der Waals surface area contributed by atoms with E-state index in [1.807, 2.05) is 0 Å². The average Bonchev–Trinajstić information content (AvgIpc) is 2.21. The molecule has 0 aliphatic heterocycles. The van der Waals surface area contributed by atoms with Gasteiger partial charge in [-0.25, -0.2) is 0 Å². The maximum atomic E-state index is 4.02. The topological polar surface area (TPSA) is 0 Å². The molecule has 0 bridgehead atoms. The third-order valence-electron chi connectivity index (χ3n) is 2.17. The first kappa shape index (κ1) is 14.8. The van der Waals surface area contributed by atoms with Crippen molar-refractivity contribution in [2.24, 2.45) is 0 Å². The van der Waals surface area contributed by atoms with Crippen molar-refractivity contribution in [2.45, 2.75) is 50.9 Å². The van der Waals surface area contributed by atoms with Gasteiger partial charge in [-0.1, -0.05) is 0 Å². The van der Waals surface area contributed by atoms with Crippen LogP contribution in [0.15, 0.2) is 20.3 Å². The third kappa shape index (κ3) is 7.10. The van der Waals surface area contributed by atoms with Crippen LogP contribution in [0.25, 0.3) is 0 Å². The van der Waals surface area contributed by atoms with E-state index in [9.17, 15) is 0 Å². The summed E-state index contributed by atoms with van der Waals surface area (Å²) in [6.07, 6.45) is 9.67. The quantitative estimate of drug-likeness (QED) is 0.548. The minimum absolute atomic E-state index is 1.16. The van der Waals surface area contributed by atoms with Gasteiger partial charge in [-0.15, -0.1) is 0 Å². The van der Waals surface area contributed by atoms with Gasteiger partial charge in [-0.2, -0.15) is 0 Å². The number of allylic oxidation sites excluding steroid dienone is 2. The molecule has 0 saturated heterocycles. The Labute approximate surface area is 99.5 Å². The van der Waals surface area contributed by atoms with Gasteiger partial charge in [-0.3, -0.25) is 0 Å². The van der Waals surface area contributed by atoms with Crippen LogP contribution in [0.2, 0.25) is 4.44 Å². The van der Waals surface area contributed by atoms with Crippen LogP contribution in [-0.4, -0.2) is 16.2 Å². The Morgan fingerprint density at radius 1 is 1.00 bits per heavy atom. The van der Waals surface area contributed by atoms with Gasteiger partial charge in [0.2, 0.25) is 0 Å². The molecule has 0 aromatic rings. The van der Waals surface area contributed by atoms with Gasteiger partial charge in [0.15, 0.2) is 0 Å². The molecule has 0 radical (unpaired) electrons. The zero-order chi connectivity index (χ0) is 10.9. The molecule has 0 aliphatic rings. The molecule has 0 rings (SSSR count). The summed E-state index contributed by atoms with van der Waals surface area (Å²) in [7, 11) is 0. The molecule has 0 aromatic heterocycles. The van der Waals surface area contributed by atoms with E-state index in [4.69, 9.17) is 0 Å². The van der Waals surface area contributed by atoms with Gasteiger partial charge in [0.1, 0.15) is 0 Å². The molecule has 0 nitrogen and oxygen atoms in total. The Kier molecular flexibility index (Phi) is 9.51. The van der Waals surface area contributed by atoms with E-state index in [2.05, 4.69) is 53.8 Å². The summed E-state index contributed by atoms with van der Waals surface area (Å²) in [5.74, 6) is 0. The molecule has 0 aromatic carbocycles. The zero-order valence-corrected chi connectivity index (χ0v) is 14.2. The van der Waals surface area contributed by atoms with E-state index in [0.29, 0.717) is 0 Å². The van der Waals surface area contributed by atoms with Gasteiger partial charge >= 0.3 is 100 Å². The standard InChI is InChI=1S/C4H9.2C4H7.BrH.Sn/c3*1-3-4-2;;/h1,3-4H2,2H3;2*1,3H,4H2,2H3;1H;/q;;;;+1/p-1. The molecular weight excluding hydrogens is 343 g/mol. The van der Waals surface area contributed by atoms with Crippen LogP contribution >= 0.6 is 12.7 Å². The van der Waals surface area contributed by atoms with Crippen molar-refractivity contribution in [2.75, 3.05) is 0 Å². The average molecular weight is 366 g/mol. The van der Waals surface area contributed by atoms with Crippen LogP contribution in [0.1, 0.15) is 46.5 Å². The number of rotatable bonds is 7. The van der Waals surface area contributed by atoms with Crippen LogP contribution in [0, 0.1) is 0 Å². The fraction of sp³-hybridized carbons (Fsp3) is 0.667. The van der Waals surface area contributed by atoms with Gasteiger partial charge in [-0.05, 0) is 0 Å². The van der Waals surface area contributed by atoms with Crippen molar-refractivity contribution in [1.82, 2.24) is 0 Å². The predicted molar refractivity (Wildman–Crippen MR) is 73.3 cm³/mol. The molecular formula is C12H23BrSn. The second-order valence-corrected chi connectivity index (χ2v) is 22.2. The summed E-state index contributed by atoms with van der Waals surface area (Å²) < 4.78 is 6.39. The normalized spacial score (nSPS) is 16.6. The molecule has 0 saturated carbocycles. The molecule has 0 fully saturated rings. The summed E-state index contributed by atoms with van der Waals surface area (Å²) in [6.45, 7) is 6.69. The molecule has 0 unspecified atom stereocenters. The molecule has 2 heteroatoms. The fourth-order valence-corrected chi connectivity index (χ4v) is 13.1. The molecule has 82 valence electrons. The summed E-state index contributed by atoms with van der Waals surface area (Å²) in [5, 5.41) is 0. The minimum atomic E-state index is -2.11. The fourth-order valence-electron chi connectivity index (χ4n) is 1.30. The molecule has 0 amide bonds. The van der Waals surface area contributed by atoms with E-state index in [0.717, 1.165) is 12.8 Å². The van der Waals surface area contributed by atoms with Crippen LogP contribution in [0.3, 0.4) is 0 Å². The Balaban J connectivity index is 4.32. The molecule has 0 spiro atoms. The summed E-state index contributed by atoms with van der Waals surface area (Å²) in [4.78, 5) is 0. The van der Waals surface area contributed by atoms with E-state index in [1.54, 1.807) is 0 Å². The molecule has 14 heavy (non-hydrogen) atoms. The van der Waals surface area contributed by atoms with Crippen molar-refractivity contribution in [1.29, 1.82) is 0 Å². The Bertz CT molecular complexity index is 171. The van der Waals surface area contributed by atoms with Crippen LogP contribution in [-0.2, 0) is 0 Å². The van der Waals surface area contributed by atoms with E-state index >= 15 is 0 Å². The van der Waals surface area contributed by atoms with Gasteiger partial charge in [0, 0.05) is 0 Å². The van der Waals surface area contributed by atoms with Crippen LogP contribution in [0.4, 0.5) is 0 Å². The SMILES string of the molecule is CCC=[CH][Sn]([Br])([CH]=CCC)[CH2]CCC. The van der Waals surface area contributed by atoms with Crippen LogP contribution in [0.5, 0.6) is 0 Å². The predicted octanol–water partition coefficient (Wildman–Crippen LogP) is 5.14. The van der Waals surface area contributed by atoms with Crippen molar-refractivity contribution >= 4 is 28.9 Å². The summed E-state index contributed by atoms with van der Waals surface area (Å²) >= 11 is 1.91. The first-order valence-electron chi connectivity index (χ1n) is 5.72. The van der Waals surface area contributed by atoms with Crippen molar-refractivity contribution in [3.63, 3.8) is 0 Å². The summed E-state index contributed by atoms with van der Waals surface area (Å²) in [5.41, 5.74) is 0. The zero-order valence-electron chi connectivity index (χ0n) is 9.72. The summed E-state index contributed by atoms with van der Waals surface area (Å²) in [6, 6.07) is 0. The Hall–Kier alpha value is 0.759. The van der Waals surface area contributed by atoms with Gasteiger partial charge in [0.05, 0.1) is 0 Å². The first-order chi connectivity index (χ1) is 6.68. The van der Waals surface area contributed by atoms with Crippen molar-refractivity contribution in [3.8, 4) is 0 Å². The van der Waals surface area contributed by atoms with Gasteiger partial charge < -0.3 is 0 Å². The molecule has 0 heterocycles. The molecule has 0 atom stereocenters. The number of hydrogen-bond donors (Lipinski definition) is 0. The monoisotopic (exact) mass is 366 g/mol.